The molecule has 4 heteroatoms. The van der Waals surface area contributed by atoms with Gasteiger partial charge in [-0.15, -0.1) is 0 Å². The number of unbranched alkanes of at least 4 members (excludes halogenated alkanes) is 8. The Morgan fingerprint density at radius 3 is 1.96 bits per heavy atom. The minimum Gasteiger partial charge on any atom is -0.282 e. The molecular weight excluding hydrogens is 368 g/mol. The van der Waals surface area contributed by atoms with Gasteiger partial charge in [0.05, 0.1) is 4.90 Å². The van der Waals surface area contributed by atoms with Crippen molar-refractivity contribution < 1.29 is 13.0 Å². The molecule has 0 aliphatic carbocycles. The molecule has 0 aliphatic rings. The van der Waals surface area contributed by atoms with E-state index in [9.17, 15) is 13.0 Å². The SMILES string of the molecule is CCCCCCCc1ccc2c(CCCCCCC)c(S(=O)(=O)O)ccc2c1. The van der Waals surface area contributed by atoms with E-state index >= 15 is 0 Å². The van der Waals surface area contributed by atoms with Crippen LogP contribution in [0.2, 0.25) is 0 Å². The summed E-state index contributed by atoms with van der Waals surface area (Å²) in [7, 11) is -4.21. The lowest BCUT2D eigenvalue weighted by Gasteiger charge is -2.13. The molecule has 2 aromatic rings. The second-order valence-electron chi connectivity index (χ2n) is 7.90. The maximum absolute atomic E-state index is 11.9. The molecule has 156 valence electrons. The largest absolute Gasteiger partial charge is 0.294 e. The molecule has 28 heavy (non-hydrogen) atoms. The van der Waals surface area contributed by atoms with Crippen LogP contribution in [0.5, 0.6) is 0 Å². The fraction of sp³-hybridized carbons (Fsp3) is 0.583. The highest BCUT2D eigenvalue weighted by atomic mass is 32.2. The average molecular weight is 405 g/mol. The Morgan fingerprint density at radius 1 is 0.750 bits per heavy atom. The Labute approximate surface area is 171 Å². The lowest BCUT2D eigenvalue weighted by molar-refractivity contribution is 0.482. The van der Waals surface area contributed by atoms with Gasteiger partial charge in [-0.05, 0) is 53.6 Å². The second-order valence-corrected chi connectivity index (χ2v) is 9.29. The Hall–Kier alpha value is -1.39. The second kappa shape index (κ2) is 11.6. The molecule has 0 heterocycles. The van der Waals surface area contributed by atoms with Gasteiger partial charge in [0.2, 0.25) is 0 Å². The molecule has 0 radical (unpaired) electrons. The van der Waals surface area contributed by atoms with Gasteiger partial charge in [0.1, 0.15) is 0 Å². The van der Waals surface area contributed by atoms with Crippen LogP contribution < -0.4 is 0 Å². The first-order chi connectivity index (χ1) is 13.5. The van der Waals surface area contributed by atoms with Crippen LogP contribution in [0.3, 0.4) is 0 Å². The smallest absolute Gasteiger partial charge is 0.282 e. The first-order valence-electron chi connectivity index (χ1n) is 11.0. The summed E-state index contributed by atoms with van der Waals surface area (Å²) in [5.74, 6) is 0. The standard InChI is InChI=1S/C24H36O3S/c1-3-5-7-9-11-13-20-15-17-22-21(19-20)16-18-24(28(25,26)27)23(22)14-12-10-8-6-4-2/h15-19H,3-14H2,1-2H3,(H,25,26,27). The zero-order valence-electron chi connectivity index (χ0n) is 17.5. The predicted molar refractivity (Wildman–Crippen MR) is 119 cm³/mol. The van der Waals surface area contributed by atoms with E-state index in [-0.39, 0.29) is 4.90 Å². The van der Waals surface area contributed by atoms with Crippen LogP contribution in [0.25, 0.3) is 10.8 Å². The van der Waals surface area contributed by atoms with Crippen molar-refractivity contribution in [2.75, 3.05) is 0 Å². The van der Waals surface area contributed by atoms with Crippen LogP contribution in [0.1, 0.15) is 89.2 Å². The number of benzene rings is 2. The molecular formula is C24H36O3S. The van der Waals surface area contributed by atoms with E-state index in [1.165, 1.54) is 56.9 Å². The van der Waals surface area contributed by atoms with Crippen molar-refractivity contribution in [1.82, 2.24) is 0 Å². The van der Waals surface area contributed by atoms with Crippen LogP contribution in [0.4, 0.5) is 0 Å². The Kier molecular flexibility index (Phi) is 9.46. The summed E-state index contributed by atoms with van der Waals surface area (Å²) in [6.45, 7) is 4.41. The topological polar surface area (TPSA) is 54.4 Å². The van der Waals surface area contributed by atoms with Gasteiger partial charge in [-0.25, -0.2) is 0 Å². The summed E-state index contributed by atoms with van der Waals surface area (Å²) in [4.78, 5) is 0.0720. The molecule has 2 aromatic carbocycles. The van der Waals surface area contributed by atoms with Gasteiger partial charge < -0.3 is 0 Å². The van der Waals surface area contributed by atoms with Gasteiger partial charge >= 0.3 is 0 Å². The van der Waals surface area contributed by atoms with Gasteiger partial charge in [-0.1, -0.05) is 89.5 Å². The molecule has 0 spiro atoms. The molecule has 0 unspecified atom stereocenters. The third kappa shape index (κ3) is 6.89. The van der Waals surface area contributed by atoms with Crippen LogP contribution in [0.15, 0.2) is 35.2 Å². The summed E-state index contributed by atoms with van der Waals surface area (Å²) in [6.07, 6.45) is 13.7. The minimum atomic E-state index is -4.21. The van der Waals surface area contributed by atoms with Crippen molar-refractivity contribution in [1.29, 1.82) is 0 Å². The van der Waals surface area contributed by atoms with E-state index in [4.69, 9.17) is 0 Å². The maximum atomic E-state index is 11.9. The number of hydrogen-bond acceptors (Lipinski definition) is 2. The zero-order valence-corrected chi connectivity index (χ0v) is 18.4. The first-order valence-corrected chi connectivity index (χ1v) is 12.4. The third-order valence-corrected chi connectivity index (χ3v) is 6.47. The van der Waals surface area contributed by atoms with E-state index < -0.39 is 10.1 Å². The molecule has 0 atom stereocenters. The Morgan fingerprint density at radius 2 is 1.36 bits per heavy atom. The molecule has 2 rings (SSSR count). The van der Waals surface area contributed by atoms with Crippen molar-refractivity contribution in [2.24, 2.45) is 0 Å². The molecule has 0 amide bonds. The fourth-order valence-electron chi connectivity index (χ4n) is 3.92. The molecule has 0 saturated carbocycles. The van der Waals surface area contributed by atoms with Crippen LogP contribution in [0, 0.1) is 0 Å². The molecule has 3 nitrogen and oxygen atoms in total. The van der Waals surface area contributed by atoms with E-state index in [2.05, 4.69) is 26.0 Å². The number of rotatable bonds is 13. The van der Waals surface area contributed by atoms with Crippen molar-refractivity contribution in [2.45, 2.75) is 95.8 Å². The van der Waals surface area contributed by atoms with Gasteiger partial charge in [0.25, 0.3) is 10.1 Å². The monoisotopic (exact) mass is 404 g/mol. The summed E-state index contributed by atoms with van der Waals surface area (Å²) in [5, 5.41) is 2.03. The number of fused-ring (bicyclic) bond motifs is 1. The molecule has 0 aromatic heterocycles. The van der Waals surface area contributed by atoms with Gasteiger partial charge in [0, 0.05) is 0 Å². The summed E-state index contributed by atoms with van der Waals surface area (Å²) < 4.78 is 33.4. The van der Waals surface area contributed by atoms with Crippen molar-refractivity contribution in [3.63, 3.8) is 0 Å². The van der Waals surface area contributed by atoms with Crippen LogP contribution in [-0.2, 0) is 23.0 Å². The van der Waals surface area contributed by atoms with E-state index in [1.807, 2.05) is 12.1 Å². The first kappa shape index (κ1) is 22.9. The van der Waals surface area contributed by atoms with Crippen LogP contribution >= 0.6 is 0 Å². The quantitative estimate of drug-likeness (QED) is 0.286. The van der Waals surface area contributed by atoms with Crippen LogP contribution in [-0.4, -0.2) is 13.0 Å². The molecule has 0 bridgehead atoms. The molecule has 0 fully saturated rings. The van der Waals surface area contributed by atoms with Crippen molar-refractivity contribution in [3.8, 4) is 0 Å². The Balaban J connectivity index is 2.19. The van der Waals surface area contributed by atoms with Crippen molar-refractivity contribution >= 4 is 20.9 Å². The number of hydrogen-bond donors (Lipinski definition) is 1. The fourth-order valence-corrected chi connectivity index (χ4v) is 4.68. The minimum absolute atomic E-state index is 0.0720. The highest BCUT2D eigenvalue weighted by molar-refractivity contribution is 7.85. The predicted octanol–water partition coefficient (Wildman–Crippen LogP) is 7.11. The molecule has 0 saturated heterocycles. The highest BCUT2D eigenvalue weighted by Gasteiger charge is 2.17. The Bertz CT molecular complexity index is 840. The zero-order chi connectivity index (χ0) is 20.4. The summed E-state index contributed by atoms with van der Waals surface area (Å²) in [5.41, 5.74) is 2.07. The van der Waals surface area contributed by atoms with E-state index in [0.717, 1.165) is 35.6 Å². The molecule has 0 aliphatic heterocycles. The molecule has 1 N–H and O–H groups in total. The lowest BCUT2D eigenvalue weighted by atomic mass is 9.96. The lowest BCUT2D eigenvalue weighted by Crippen LogP contribution is -2.04. The summed E-state index contributed by atoms with van der Waals surface area (Å²) >= 11 is 0. The summed E-state index contributed by atoms with van der Waals surface area (Å²) in [6, 6.07) is 9.76. The van der Waals surface area contributed by atoms with Gasteiger partial charge in [0.15, 0.2) is 0 Å². The highest BCUT2D eigenvalue weighted by Crippen LogP contribution is 2.29. The average Bonchev–Trinajstić information content (AvgIpc) is 2.66. The normalized spacial score (nSPS) is 12.0. The van der Waals surface area contributed by atoms with E-state index in [0.29, 0.717) is 6.42 Å². The van der Waals surface area contributed by atoms with Gasteiger partial charge in [-0.3, -0.25) is 4.55 Å². The van der Waals surface area contributed by atoms with E-state index in [1.54, 1.807) is 6.07 Å². The van der Waals surface area contributed by atoms with Gasteiger partial charge in [-0.2, -0.15) is 8.42 Å². The maximum Gasteiger partial charge on any atom is 0.294 e. The van der Waals surface area contributed by atoms with Crippen molar-refractivity contribution in [3.05, 3.63) is 41.5 Å². The number of aryl methyl sites for hydroxylation is 2. The third-order valence-electron chi connectivity index (χ3n) is 5.53.